The minimum Gasteiger partial charge on any atom is -0.480 e. The van der Waals surface area contributed by atoms with Gasteiger partial charge in [0.25, 0.3) is 5.91 Å². The van der Waals surface area contributed by atoms with E-state index in [1.807, 2.05) is 37.3 Å². The van der Waals surface area contributed by atoms with E-state index in [0.717, 1.165) is 41.3 Å². The van der Waals surface area contributed by atoms with Crippen LogP contribution in [0.15, 0.2) is 42.5 Å². The molecule has 1 fully saturated rings. The van der Waals surface area contributed by atoms with Crippen LogP contribution in [-0.4, -0.2) is 43.1 Å². The van der Waals surface area contributed by atoms with Crippen molar-refractivity contribution >= 4 is 16.7 Å². The van der Waals surface area contributed by atoms with Gasteiger partial charge < -0.3 is 15.0 Å². The Bertz CT molecular complexity index is 761. The van der Waals surface area contributed by atoms with Crippen molar-refractivity contribution in [3.63, 3.8) is 0 Å². The molecule has 1 amide bonds. The Morgan fingerprint density at radius 2 is 1.86 bits per heavy atom. The molecule has 2 aromatic rings. The Hall–Kier alpha value is -2.07. The van der Waals surface area contributed by atoms with Crippen LogP contribution in [0.1, 0.15) is 40.0 Å². The molecule has 28 heavy (non-hydrogen) atoms. The highest BCUT2D eigenvalue weighted by molar-refractivity contribution is 5.89. The maximum absolute atomic E-state index is 12.6. The van der Waals surface area contributed by atoms with Gasteiger partial charge in [-0.3, -0.25) is 4.79 Å². The first-order valence-electron chi connectivity index (χ1n) is 10.7. The highest BCUT2D eigenvalue weighted by Gasteiger charge is 2.22. The largest absolute Gasteiger partial charge is 0.480 e. The standard InChI is InChI=1S/C24H34N2O2/c1-4-22(28-23-12-7-10-20-9-5-6-11-21(20)23)24(27)25-13-8-14-26-16-18(2)15-19(3)17-26/h5-7,9-12,18-19,22H,4,8,13-17H2,1-3H3,(H,25,27). The van der Waals surface area contributed by atoms with Crippen molar-refractivity contribution in [3.8, 4) is 5.75 Å². The topological polar surface area (TPSA) is 41.6 Å². The molecule has 3 rings (SSSR count). The van der Waals surface area contributed by atoms with Gasteiger partial charge in [0.2, 0.25) is 0 Å². The second kappa shape index (κ2) is 9.92. The Balaban J connectivity index is 1.48. The average Bonchev–Trinajstić information content (AvgIpc) is 2.68. The zero-order chi connectivity index (χ0) is 19.9. The van der Waals surface area contributed by atoms with Crippen molar-refractivity contribution in [3.05, 3.63) is 42.5 Å². The van der Waals surface area contributed by atoms with Crippen molar-refractivity contribution in [2.45, 2.75) is 46.1 Å². The molecule has 0 aromatic heterocycles. The highest BCUT2D eigenvalue weighted by atomic mass is 16.5. The molecule has 1 N–H and O–H groups in total. The van der Waals surface area contributed by atoms with E-state index in [1.54, 1.807) is 0 Å². The molecule has 2 aromatic carbocycles. The van der Waals surface area contributed by atoms with Crippen molar-refractivity contribution in [1.29, 1.82) is 0 Å². The Morgan fingerprint density at radius 1 is 1.14 bits per heavy atom. The van der Waals surface area contributed by atoms with Crippen LogP contribution in [-0.2, 0) is 4.79 Å². The van der Waals surface area contributed by atoms with Gasteiger partial charge in [-0.15, -0.1) is 0 Å². The second-order valence-electron chi connectivity index (χ2n) is 8.34. The summed E-state index contributed by atoms with van der Waals surface area (Å²) in [5.41, 5.74) is 0. The third-order valence-electron chi connectivity index (χ3n) is 5.58. The summed E-state index contributed by atoms with van der Waals surface area (Å²) in [6, 6.07) is 14.1. The summed E-state index contributed by atoms with van der Waals surface area (Å²) in [6.45, 7) is 10.8. The summed E-state index contributed by atoms with van der Waals surface area (Å²) < 4.78 is 6.09. The molecule has 1 saturated heterocycles. The fourth-order valence-electron chi connectivity index (χ4n) is 4.38. The van der Waals surface area contributed by atoms with Crippen molar-refractivity contribution < 1.29 is 9.53 Å². The van der Waals surface area contributed by atoms with E-state index in [-0.39, 0.29) is 5.91 Å². The van der Waals surface area contributed by atoms with Crippen LogP contribution in [0.5, 0.6) is 5.75 Å². The molecule has 0 bridgehead atoms. The normalized spacial score (nSPS) is 21.4. The number of carbonyl (C=O) groups is 1. The summed E-state index contributed by atoms with van der Waals surface area (Å²) in [5.74, 6) is 2.31. The number of carbonyl (C=O) groups excluding carboxylic acids is 1. The van der Waals surface area contributed by atoms with Crippen molar-refractivity contribution in [2.75, 3.05) is 26.2 Å². The summed E-state index contributed by atoms with van der Waals surface area (Å²) in [5, 5.41) is 5.24. The number of rotatable bonds is 8. The number of nitrogens with one attached hydrogen (secondary N) is 1. The lowest BCUT2D eigenvalue weighted by Gasteiger charge is -2.35. The Kier molecular flexibility index (Phi) is 7.32. The maximum atomic E-state index is 12.6. The van der Waals surface area contributed by atoms with Gasteiger partial charge in [-0.1, -0.05) is 57.2 Å². The average molecular weight is 383 g/mol. The summed E-state index contributed by atoms with van der Waals surface area (Å²) in [4.78, 5) is 15.2. The molecule has 152 valence electrons. The predicted molar refractivity (Wildman–Crippen MR) is 116 cm³/mol. The fraction of sp³-hybridized carbons (Fsp3) is 0.542. The molecule has 3 unspecified atom stereocenters. The van der Waals surface area contributed by atoms with Gasteiger partial charge in [-0.2, -0.15) is 0 Å². The molecule has 1 heterocycles. The maximum Gasteiger partial charge on any atom is 0.261 e. The van der Waals surface area contributed by atoms with Crippen LogP contribution < -0.4 is 10.1 Å². The zero-order valence-electron chi connectivity index (χ0n) is 17.5. The first-order chi connectivity index (χ1) is 13.6. The van der Waals surface area contributed by atoms with Gasteiger partial charge >= 0.3 is 0 Å². The van der Waals surface area contributed by atoms with E-state index in [9.17, 15) is 4.79 Å². The summed E-state index contributed by atoms with van der Waals surface area (Å²) in [6.07, 6.45) is 2.50. The summed E-state index contributed by atoms with van der Waals surface area (Å²) >= 11 is 0. The number of piperidine rings is 1. The number of hydrogen-bond acceptors (Lipinski definition) is 3. The monoisotopic (exact) mass is 382 g/mol. The lowest BCUT2D eigenvalue weighted by atomic mass is 9.92. The molecule has 1 aliphatic rings. The number of benzene rings is 2. The minimum atomic E-state index is -0.458. The van der Waals surface area contributed by atoms with E-state index in [4.69, 9.17) is 4.74 Å². The number of amides is 1. The molecular formula is C24H34N2O2. The number of likely N-dealkylation sites (tertiary alicyclic amines) is 1. The third-order valence-corrected chi connectivity index (χ3v) is 5.58. The van der Waals surface area contributed by atoms with Gasteiger partial charge in [0.05, 0.1) is 0 Å². The van der Waals surface area contributed by atoms with Gasteiger partial charge in [-0.05, 0) is 49.1 Å². The van der Waals surface area contributed by atoms with Crippen LogP contribution >= 0.6 is 0 Å². The van der Waals surface area contributed by atoms with Gasteiger partial charge in [0.1, 0.15) is 5.75 Å². The molecule has 0 spiro atoms. The molecule has 3 atom stereocenters. The number of hydrogen-bond donors (Lipinski definition) is 1. The summed E-state index contributed by atoms with van der Waals surface area (Å²) in [7, 11) is 0. The van der Waals surface area contributed by atoms with Crippen LogP contribution in [0.3, 0.4) is 0 Å². The lowest BCUT2D eigenvalue weighted by molar-refractivity contribution is -0.128. The minimum absolute atomic E-state index is 0.0178. The molecule has 0 radical (unpaired) electrons. The van der Waals surface area contributed by atoms with Crippen molar-refractivity contribution in [1.82, 2.24) is 10.2 Å². The molecule has 4 nitrogen and oxygen atoms in total. The van der Waals surface area contributed by atoms with Crippen LogP contribution in [0.4, 0.5) is 0 Å². The van der Waals surface area contributed by atoms with E-state index in [0.29, 0.717) is 13.0 Å². The molecule has 1 aliphatic heterocycles. The van der Waals surface area contributed by atoms with Crippen LogP contribution in [0.25, 0.3) is 10.8 Å². The SMILES string of the molecule is CCC(Oc1cccc2ccccc12)C(=O)NCCCN1CC(C)CC(C)C1. The third kappa shape index (κ3) is 5.48. The molecule has 4 heteroatoms. The highest BCUT2D eigenvalue weighted by Crippen LogP contribution is 2.26. The zero-order valence-corrected chi connectivity index (χ0v) is 17.5. The Labute approximate surface area is 169 Å². The fourth-order valence-corrected chi connectivity index (χ4v) is 4.38. The Morgan fingerprint density at radius 3 is 2.61 bits per heavy atom. The molecule has 0 aliphatic carbocycles. The first kappa shape index (κ1) is 20.7. The quantitative estimate of drug-likeness (QED) is 0.685. The number of nitrogens with zero attached hydrogens (tertiary/aromatic N) is 1. The van der Waals surface area contributed by atoms with Crippen LogP contribution in [0, 0.1) is 11.8 Å². The predicted octanol–water partition coefficient (Wildman–Crippen LogP) is 4.48. The van der Waals surface area contributed by atoms with E-state index in [1.165, 1.54) is 19.5 Å². The smallest absolute Gasteiger partial charge is 0.261 e. The van der Waals surface area contributed by atoms with Crippen molar-refractivity contribution in [2.24, 2.45) is 11.8 Å². The van der Waals surface area contributed by atoms with E-state index in [2.05, 4.69) is 36.2 Å². The van der Waals surface area contributed by atoms with Gasteiger partial charge in [0.15, 0.2) is 6.10 Å². The van der Waals surface area contributed by atoms with Gasteiger partial charge in [0, 0.05) is 25.0 Å². The number of fused-ring (bicyclic) bond motifs is 1. The molecule has 0 saturated carbocycles. The first-order valence-corrected chi connectivity index (χ1v) is 10.7. The van der Waals surface area contributed by atoms with E-state index < -0.39 is 6.10 Å². The second-order valence-corrected chi connectivity index (χ2v) is 8.34. The van der Waals surface area contributed by atoms with Gasteiger partial charge in [-0.25, -0.2) is 0 Å². The van der Waals surface area contributed by atoms with Crippen LogP contribution in [0.2, 0.25) is 0 Å². The molecular weight excluding hydrogens is 348 g/mol. The lowest BCUT2D eigenvalue weighted by Crippen LogP contribution is -2.41. The number of ether oxygens (including phenoxy) is 1. The van der Waals surface area contributed by atoms with E-state index >= 15 is 0 Å².